The van der Waals surface area contributed by atoms with Gasteiger partial charge in [-0.2, -0.15) is 0 Å². The maximum absolute atomic E-state index is 11.5. The summed E-state index contributed by atoms with van der Waals surface area (Å²) in [6.45, 7) is 8.92. The van der Waals surface area contributed by atoms with Gasteiger partial charge in [0.15, 0.2) is 6.29 Å². The summed E-state index contributed by atoms with van der Waals surface area (Å²) < 4.78 is 6.25. The molecule has 0 aliphatic heterocycles. The Hall–Kier alpha value is -2.16. The van der Waals surface area contributed by atoms with Gasteiger partial charge in [-0.3, -0.25) is 4.79 Å². The highest BCUT2D eigenvalue weighted by molar-refractivity contribution is 5.76. The van der Waals surface area contributed by atoms with Crippen molar-refractivity contribution in [3.05, 3.63) is 58.4 Å². The lowest BCUT2D eigenvalue weighted by atomic mass is 9.95. The minimum atomic E-state index is 0.259. The van der Waals surface area contributed by atoms with Crippen molar-refractivity contribution in [1.82, 2.24) is 4.98 Å². The second-order valence-corrected chi connectivity index (χ2v) is 7.17. The summed E-state index contributed by atoms with van der Waals surface area (Å²) in [5.74, 6) is 1.11. The number of carbonyl (C=O) groups is 1. The normalized spacial score (nSPS) is 11.0. The van der Waals surface area contributed by atoms with Crippen LogP contribution in [0.3, 0.4) is 0 Å². The Morgan fingerprint density at radius 3 is 2.46 bits per heavy atom. The van der Waals surface area contributed by atoms with E-state index in [-0.39, 0.29) is 5.92 Å². The number of aromatic nitrogens is 1. The molecule has 1 aromatic heterocycles. The van der Waals surface area contributed by atoms with E-state index >= 15 is 0 Å². The van der Waals surface area contributed by atoms with Crippen molar-refractivity contribution in [2.24, 2.45) is 0 Å². The molecule has 0 radical (unpaired) electrons. The van der Waals surface area contributed by atoms with Gasteiger partial charge in [0.05, 0.1) is 5.69 Å². The molecule has 0 bridgehead atoms. The van der Waals surface area contributed by atoms with Crippen LogP contribution < -0.4 is 4.74 Å². The zero-order chi connectivity index (χ0) is 18.9. The number of aldehydes is 1. The SMILES string of the molecule is CCCCCCc1c(C(C)C)nc(C=O)c(C)c1OCc1ccccc1. The summed E-state index contributed by atoms with van der Waals surface area (Å²) in [6.07, 6.45) is 6.59. The van der Waals surface area contributed by atoms with Crippen LogP contribution in [0, 0.1) is 6.92 Å². The Morgan fingerprint density at radius 1 is 1.12 bits per heavy atom. The Bertz CT molecular complexity index is 708. The van der Waals surface area contributed by atoms with E-state index in [1.54, 1.807) is 0 Å². The molecule has 2 aromatic rings. The van der Waals surface area contributed by atoms with E-state index in [4.69, 9.17) is 4.74 Å². The first-order valence-corrected chi connectivity index (χ1v) is 9.73. The molecule has 0 atom stereocenters. The third kappa shape index (κ3) is 5.17. The number of nitrogens with zero attached hydrogens (tertiary/aromatic N) is 1. The molecule has 3 nitrogen and oxygen atoms in total. The van der Waals surface area contributed by atoms with Gasteiger partial charge >= 0.3 is 0 Å². The Morgan fingerprint density at radius 2 is 1.85 bits per heavy atom. The standard InChI is InChI=1S/C23H31NO2/c1-5-6-7-11-14-20-22(17(2)3)24-21(15-25)18(4)23(20)26-16-19-12-9-8-10-13-19/h8-10,12-13,15,17H,5-7,11,14,16H2,1-4H3. The van der Waals surface area contributed by atoms with Crippen molar-refractivity contribution in [2.45, 2.75) is 72.3 Å². The first kappa shape index (κ1) is 20.2. The smallest absolute Gasteiger partial charge is 0.168 e. The lowest BCUT2D eigenvalue weighted by Crippen LogP contribution is -2.10. The molecule has 0 saturated carbocycles. The van der Waals surface area contributed by atoms with E-state index < -0.39 is 0 Å². The van der Waals surface area contributed by atoms with Gasteiger partial charge < -0.3 is 4.74 Å². The molecule has 1 heterocycles. The van der Waals surface area contributed by atoms with Crippen LogP contribution in [0.4, 0.5) is 0 Å². The molecule has 0 aliphatic carbocycles. The molecule has 0 amide bonds. The molecule has 26 heavy (non-hydrogen) atoms. The van der Waals surface area contributed by atoms with Gasteiger partial charge in [-0.05, 0) is 31.2 Å². The Kier molecular flexibility index (Phi) is 7.83. The highest BCUT2D eigenvalue weighted by atomic mass is 16.5. The van der Waals surface area contributed by atoms with E-state index in [9.17, 15) is 4.79 Å². The minimum Gasteiger partial charge on any atom is -0.488 e. The quantitative estimate of drug-likeness (QED) is 0.387. The fourth-order valence-corrected chi connectivity index (χ4v) is 3.23. The molecule has 0 spiro atoms. The second kappa shape index (κ2) is 10.1. The van der Waals surface area contributed by atoms with Crippen LogP contribution in [0.1, 0.15) is 85.2 Å². The molecule has 0 saturated heterocycles. The van der Waals surface area contributed by atoms with E-state index in [0.717, 1.165) is 41.7 Å². The van der Waals surface area contributed by atoms with Crippen LogP contribution in [-0.4, -0.2) is 11.3 Å². The topological polar surface area (TPSA) is 39.2 Å². The highest BCUT2D eigenvalue weighted by Crippen LogP contribution is 2.33. The number of hydrogen-bond donors (Lipinski definition) is 0. The van der Waals surface area contributed by atoms with Crippen LogP contribution in [0.15, 0.2) is 30.3 Å². The van der Waals surface area contributed by atoms with E-state index in [1.165, 1.54) is 24.8 Å². The average Bonchev–Trinajstić information content (AvgIpc) is 2.65. The third-order valence-corrected chi connectivity index (χ3v) is 4.71. The summed E-state index contributed by atoms with van der Waals surface area (Å²) in [7, 11) is 0. The fraction of sp³-hybridized carbons (Fsp3) is 0.478. The molecule has 0 unspecified atom stereocenters. The number of rotatable bonds is 10. The predicted molar refractivity (Wildman–Crippen MR) is 107 cm³/mol. The lowest BCUT2D eigenvalue weighted by Gasteiger charge is -2.20. The van der Waals surface area contributed by atoms with Crippen molar-refractivity contribution in [3.8, 4) is 5.75 Å². The number of hydrogen-bond acceptors (Lipinski definition) is 3. The maximum Gasteiger partial charge on any atom is 0.168 e. The molecule has 0 aliphatic rings. The Balaban J connectivity index is 2.36. The number of carbonyl (C=O) groups excluding carboxylic acids is 1. The summed E-state index contributed by atoms with van der Waals surface area (Å²) in [4.78, 5) is 16.2. The highest BCUT2D eigenvalue weighted by Gasteiger charge is 2.20. The summed E-state index contributed by atoms with van der Waals surface area (Å²) in [5, 5.41) is 0. The molecule has 140 valence electrons. The van der Waals surface area contributed by atoms with Gasteiger partial charge in [0.25, 0.3) is 0 Å². The summed E-state index contributed by atoms with van der Waals surface area (Å²) in [5.41, 5.74) is 4.65. The predicted octanol–water partition coefficient (Wildman–Crippen LogP) is 6.03. The molecule has 0 fully saturated rings. The maximum atomic E-state index is 11.5. The van der Waals surface area contributed by atoms with Crippen LogP contribution in [0.25, 0.3) is 0 Å². The van der Waals surface area contributed by atoms with Crippen molar-refractivity contribution in [3.63, 3.8) is 0 Å². The van der Waals surface area contributed by atoms with Crippen molar-refractivity contribution >= 4 is 6.29 Å². The van der Waals surface area contributed by atoms with Crippen LogP contribution in [-0.2, 0) is 13.0 Å². The first-order valence-electron chi connectivity index (χ1n) is 9.73. The van der Waals surface area contributed by atoms with Gasteiger partial charge in [0, 0.05) is 11.1 Å². The number of benzene rings is 1. The van der Waals surface area contributed by atoms with E-state index in [1.807, 2.05) is 25.1 Å². The summed E-state index contributed by atoms with van der Waals surface area (Å²) >= 11 is 0. The van der Waals surface area contributed by atoms with Gasteiger partial charge in [0.1, 0.15) is 18.1 Å². The number of pyridine rings is 1. The van der Waals surface area contributed by atoms with Gasteiger partial charge in [-0.1, -0.05) is 70.4 Å². The lowest BCUT2D eigenvalue weighted by molar-refractivity contribution is 0.111. The number of ether oxygens (including phenoxy) is 1. The largest absolute Gasteiger partial charge is 0.488 e. The second-order valence-electron chi connectivity index (χ2n) is 7.17. The van der Waals surface area contributed by atoms with Gasteiger partial charge in [0.2, 0.25) is 0 Å². The van der Waals surface area contributed by atoms with Crippen molar-refractivity contribution in [1.29, 1.82) is 0 Å². The molecular formula is C23H31NO2. The zero-order valence-corrected chi connectivity index (χ0v) is 16.5. The zero-order valence-electron chi connectivity index (χ0n) is 16.5. The fourth-order valence-electron chi connectivity index (χ4n) is 3.23. The first-order chi connectivity index (χ1) is 12.6. The van der Waals surface area contributed by atoms with Gasteiger partial charge in [-0.15, -0.1) is 0 Å². The van der Waals surface area contributed by atoms with E-state index in [0.29, 0.717) is 12.3 Å². The number of unbranched alkanes of at least 4 members (excludes halogenated alkanes) is 3. The average molecular weight is 354 g/mol. The van der Waals surface area contributed by atoms with Crippen LogP contribution in [0.5, 0.6) is 5.75 Å². The third-order valence-electron chi connectivity index (χ3n) is 4.71. The van der Waals surface area contributed by atoms with Crippen molar-refractivity contribution < 1.29 is 9.53 Å². The minimum absolute atomic E-state index is 0.259. The molecular weight excluding hydrogens is 322 g/mol. The Labute approximate surface area is 157 Å². The summed E-state index contributed by atoms with van der Waals surface area (Å²) in [6, 6.07) is 10.1. The monoisotopic (exact) mass is 353 g/mol. The molecule has 2 rings (SSSR count). The molecule has 0 N–H and O–H groups in total. The van der Waals surface area contributed by atoms with Crippen LogP contribution >= 0.6 is 0 Å². The van der Waals surface area contributed by atoms with Crippen molar-refractivity contribution in [2.75, 3.05) is 0 Å². The van der Waals surface area contributed by atoms with Crippen LogP contribution in [0.2, 0.25) is 0 Å². The molecule has 3 heteroatoms. The van der Waals surface area contributed by atoms with E-state index in [2.05, 4.69) is 37.9 Å². The van der Waals surface area contributed by atoms with Gasteiger partial charge in [-0.25, -0.2) is 4.98 Å². The molecule has 1 aromatic carbocycles.